The van der Waals surface area contributed by atoms with Crippen molar-refractivity contribution in [2.45, 2.75) is 110 Å². The van der Waals surface area contributed by atoms with Crippen LogP contribution in [0.25, 0.3) is 10.4 Å². The molecular formula is C39H53ClN6O6S. The predicted octanol–water partition coefficient (Wildman–Crippen LogP) is 4.74. The zero-order valence-corrected chi connectivity index (χ0v) is 33.0. The Bertz CT molecular complexity index is 1760. The van der Waals surface area contributed by atoms with E-state index in [-0.39, 0.29) is 56.3 Å². The number of nitrogens with zero attached hydrogens (tertiary/aromatic N) is 2. The molecule has 2 heterocycles. The number of β-amino-alcohol motifs (C(OH)–C–C–N with tert-alkyl or cyclic N) is 1. The van der Waals surface area contributed by atoms with Gasteiger partial charge >= 0.3 is 0 Å². The van der Waals surface area contributed by atoms with Crippen LogP contribution < -0.4 is 26.8 Å². The molecule has 1 aliphatic rings. The van der Waals surface area contributed by atoms with Gasteiger partial charge in [0.05, 0.1) is 33.3 Å². The van der Waals surface area contributed by atoms with Crippen molar-refractivity contribution in [2.75, 3.05) is 13.2 Å². The Kier molecular flexibility index (Phi) is 14.4. The molecule has 0 radical (unpaired) electrons. The van der Waals surface area contributed by atoms with Crippen LogP contribution in [0.1, 0.15) is 88.2 Å². The van der Waals surface area contributed by atoms with Gasteiger partial charge in [-0.25, -0.2) is 4.98 Å². The van der Waals surface area contributed by atoms with E-state index >= 15 is 0 Å². The first kappa shape index (κ1) is 41.7. The van der Waals surface area contributed by atoms with Gasteiger partial charge in [0.1, 0.15) is 24.4 Å². The number of aliphatic hydroxyl groups is 1. The fraction of sp³-hybridized carbons (Fsp3) is 0.513. The van der Waals surface area contributed by atoms with Crippen LogP contribution in [0.5, 0.6) is 5.75 Å². The molecule has 7 N–H and O–H groups in total. The Morgan fingerprint density at radius 1 is 1.11 bits per heavy atom. The number of hydrogen-bond donors (Lipinski definition) is 5. The minimum atomic E-state index is -0.933. The summed E-state index contributed by atoms with van der Waals surface area (Å²) in [5, 5.41) is 17.0. The molecule has 1 fully saturated rings. The summed E-state index contributed by atoms with van der Waals surface area (Å²) in [5.74, 6) is -1.05. The molecule has 2 unspecified atom stereocenters. The topological polar surface area (TPSA) is 190 Å². The molecule has 1 aliphatic heterocycles. The average molecular weight is 769 g/mol. The normalized spacial score (nSPS) is 17.6. The van der Waals surface area contributed by atoms with Gasteiger partial charge < -0.3 is 36.8 Å². The molecule has 0 spiro atoms. The molecular weight excluding hydrogens is 716 g/mol. The van der Waals surface area contributed by atoms with E-state index in [0.29, 0.717) is 30.0 Å². The first-order valence-corrected chi connectivity index (χ1v) is 19.2. The molecule has 53 heavy (non-hydrogen) atoms. The number of carbonyl (C=O) groups excluding carboxylic acids is 4. The SMILES string of the molecule is Cc1cc(CCCC(=O)NC(C(=O)N2C[C@H](O)C[C@H]2C(=O)N[C@@H](C)c2ccc(-c3scnc3C)cc2)C(C)(C)C)c(Cl)c(OCC(N)CCC(N)=O)c1. The lowest BCUT2D eigenvalue weighted by Gasteiger charge is -2.35. The average Bonchev–Trinajstić information content (AvgIpc) is 3.71. The fourth-order valence-electron chi connectivity index (χ4n) is 6.39. The van der Waals surface area contributed by atoms with Gasteiger partial charge in [-0.3, -0.25) is 19.2 Å². The number of rotatable bonds is 16. The number of primary amides is 1. The molecule has 12 nitrogen and oxygen atoms in total. The van der Waals surface area contributed by atoms with Crippen LogP contribution in [0.15, 0.2) is 41.9 Å². The largest absolute Gasteiger partial charge is 0.490 e. The number of aryl methyl sites for hydroxylation is 3. The Hall–Kier alpha value is -4.04. The highest BCUT2D eigenvalue weighted by Gasteiger charge is 2.44. The summed E-state index contributed by atoms with van der Waals surface area (Å²) in [7, 11) is 0. The number of hydrogen-bond acceptors (Lipinski definition) is 9. The van der Waals surface area contributed by atoms with E-state index in [0.717, 1.165) is 32.8 Å². The lowest BCUT2D eigenvalue weighted by atomic mass is 9.85. The summed E-state index contributed by atoms with van der Waals surface area (Å²) in [4.78, 5) is 58.9. The maximum atomic E-state index is 14.1. The van der Waals surface area contributed by atoms with Crippen LogP contribution in [0.2, 0.25) is 5.02 Å². The third kappa shape index (κ3) is 11.5. The highest BCUT2D eigenvalue weighted by Crippen LogP contribution is 2.32. The quantitative estimate of drug-likeness (QED) is 0.138. The molecule has 1 aromatic heterocycles. The van der Waals surface area contributed by atoms with Gasteiger partial charge in [-0.1, -0.05) is 62.7 Å². The number of thiazole rings is 1. The maximum Gasteiger partial charge on any atom is 0.246 e. The Labute approximate surface area is 321 Å². The second kappa shape index (κ2) is 18.3. The van der Waals surface area contributed by atoms with Crippen LogP contribution in [0.4, 0.5) is 0 Å². The first-order valence-electron chi connectivity index (χ1n) is 18.0. The maximum absolute atomic E-state index is 14.1. The molecule has 288 valence electrons. The van der Waals surface area contributed by atoms with Crippen molar-refractivity contribution in [3.8, 4) is 16.2 Å². The van der Waals surface area contributed by atoms with E-state index in [4.69, 9.17) is 27.8 Å². The minimum absolute atomic E-state index is 0.0110. The minimum Gasteiger partial charge on any atom is -0.490 e. The number of aliphatic hydroxyl groups excluding tert-OH is 1. The van der Waals surface area contributed by atoms with Gasteiger partial charge in [0.15, 0.2) is 0 Å². The van der Waals surface area contributed by atoms with E-state index < -0.39 is 35.4 Å². The monoisotopic (exact) mass is 768 g/mol. The smallest absolute Gasteiger partial charge is 0.246 e. The number of benzene rings is 2. The number of amides is 4. The van der Waals surface area contributed by atoms with E-state index in [1.807, 2.05) is 83.5 Å². The number of ether oxygens (including phenoxy) is 1. The van der Waals surface area contributed by atoms with E-state index in [9.17, 15) is 24.3 Å². The van der Waals surface area contributed by atoms with E-state index in [1.54, 1.807) is 11.3 Å². The zero-order chi connectivity index (χ0) is 39.0. The number of aromatic nitrogens is 1. The molecule has 1 saturated heterocycles. The zero-order valence-electron chi connectivity index (χ0n) is 31.4. The number of nitrogens with two attached hydrogens (primary N) is 2. The first-order chi connectivity index (χ1) is 24.9. The number of halogens is 1. The summed E-state index contributed by atoms with van der Waals surface area (Å²) < 4.78 is 5.86. The Morgan fingerprint density at radius 3 is 2.43 bits per heavy atom. The third-order valence-electron chi connectivity index (χ3n) is 9.38. The molecule has 14 heteroatoms. The highest BCUT2D eigenvalue weighted by atomic mass is 35.5. The predicted molar refractivity (Wildman–Crippen MR) is 207 cm³/mol. The third-order valence-corrected chi connectivity index (χ3v) is 10.8. The molecule has 0 saturated carbocycles. The summed E-state index contributed by atoms with van der Waals surface area (Å²) in [6.45, 7) is 11.5. The van der Waals surface area contributed by atoms with Gasteiger partial charge in [-0.05, 0) is 73.8 Å². The fourth-order valence-corrected chi connectivity index (χ4v) is 7.46. The van der Waals surface area contributed by atoms with Crippen molar-refractivity contribution in [3.63, 3.8) is 0 Å². The van der Waals surface area contributed by atoms with E-state index in [2.05, 4.69) is 15.6 Å². The van der Waals surface area contributed by atoms with Crippen LogP contribution in [0.3, 0.4) is 0 Å². The molecule has 4 amide bonds. The molecule has 2 aromatic carbocycles. The molecule has 4 rings (SSSR count). The van der Waals surface area contributed by atoms with E-state index in [1.165, 1.54) is 4.90 Å². The van der Waals surface area contributed by atoms with Crippen LogP contribution in [0, 0.1) is 19.3 Å². The van der Waals surface area contributed by atoms with Crippen molar-refractivity contribution in [1.82, 2.24) is 20.5 Å². The van der Waals surface area contributed by atoms with Crippen molar-refractivity contribution in [1.29, 1.82) is 0 Å². The summed E-state index contributed by atoms with van der Waals surface area (Å²) >= 11 is 8.24. The van der Waals surface area contributed by atoms with Crippen molar-refractivity contribution >= 4 is 46.6 Å². The summed E-state index contributed by atoms with van der Waals surface area (Å²) in [5.41, 5.74) is 17.0. The Balaban J connectivity index is 1.35. The van der Waals surface area contributed by atoms with Crippen LogP contribution in [-0.4, -0.2) is 76.0 Å². The van der Waals surface area contributed by atoms with Crippen molar-refractivity contribution in [2.24, 2.45) is 16.9 Å². The van der Waals surface area contributed by atoms with Crippen molar-refractivity contribution in [3.05, 3.63) is 69.3 Å². The van der Waals surface area contributed by atoms with Gasteiger partial charge in [0, 0.05) is 31.8 Å². The van der Waals surface area contributed by atoms with Crippen LogP contribution >= 0.6 is 22.9 Å². The lowest BCUT2D eigenvalue weighted by Crippen LogP contribution is -2.57. The Morgan fingerprint density at radius 2 is 1.81 bits per heavy atom. The highest BCUT2D eigenvalue weighted by molar-refractivity contribution is 7.13. The number of likely N-dealkylation sites (tertiary alicyclic amines) is 1. The van der Waals surface area contributed by atoms with Crippen LogP contribution in [-0.2, 0) is 25.6 Å². The molecule has 5 atom stereocenters. The summed E-state index contributed by atoms with van der Waals surface area (Å²) in [6, 6.07) is 9.12. The van der Waals surface area contributed by atoms with Crippen molar-refractivity contribution < 1.29 is 29.0 Å². The molecule has 0 bridgehead atoms. The van der Waals surface area contributed by atoms with Gasteiger partial charge in [0.25, 0.3) is 0 Å². The van der Waals surface area contributed by atoms with Gasteiger partial charge in [-0.15, -0.1) is 11.3 Å². The summed E-state index contributed by atoms with van der Waals surface area (Å²) in [6.07, 6.45) is 0.855. The standard InChI is InChI=1S/C39H53ClN6O6S/c1-22-16-27(34(40)31(17-22)52-20-28(41)14-15-32(42)48)8-7-9-33(49)45-36(39(4,5)6)38(51)46-19-29(47)18-30(46)37(50)44-23(2)25-10-12-26(13-11-25)35-24(3)43-21-53-35/h10-13,16-17,21,23,28-30,36,47H,7-9,14-15,18-20,41H2,1-6H3,(H2,42,48)(H,44,50)(H,45,49)/t23-,28?,29+,30-,36?/m0/s1. The second-order valence-corrected chi connectivity index (χ2v) is 16.3. The van der Waals surface area contributed by atoms with Gasteiger partial charge in [-0.2, -0.15) is 0 Å². The second-order valence-electron chi connectivity index (χ2n) is 15.0. The van der Waals surface area contributed by atoms with Gasteiger partial charge in [0.2, 0.25) is 23.6 Å². The molecule has 0 aliphatic carbocycles. The lowest BCUT2D eigenvalue weighted by molar-refractivity contribution is -0.144. The number of carbonyl (C=O) groups is 4. The number of nitrogens with one attached hydrogen (secondary N) is 2. The molecule has 3 aromatic rings.